The summed E-state index contributed by atoms with van der Waals surface area (Å²) < 4.78 is 35.3. The van der Waals surface area contributed by atoms with Crippen LogP contribution in [0.25, 0.3) is 5.65 Å². The summed E-state index contributed by atoms with van der Waals surface area (Å²) in [5.74, 6) is 0.604. The average Bonchev–Trinajstić information content (AvgIpc) is 3.15. The molecule has 0 amide bonds. The molecule has 0 saturated carbocycles. The molecule has 0 saturated heterocycles. The van der Waals surface area contributed by atoms with Gasteiger partial charge < -0.3 is 9.14 Å². The molecule has 4 rings (SSSR count). The van der Waals surface area contributed by atoms with Crippen molar-refractivity contribution in [3.63, 3.8) is 0 Å². The standard InChI is InChI=1S/C21H19N3O3S/c1-27-19-10-12-20(13-11-19)28(25,26)24(17-7-3-2-4-8-17)16-18-15-22-21-9-5-6-14-23(18)21/h2-15H,16H2,1H3. The molecule has 2 heterocycles. The maximum Gasteiger partial charge on any atom is 0.264 e. The van der Waals surface area contributed by atoms with E-state index < -0.39 is 10.0 Å². The number of methoxy groups -OCH3 is 1. The highest BCUT2D eigenvalue weighted by molar-refractivity contribution is 7.92. The van der Waals surface area contributed by atoms with E-state index in [-0.39, 0.29) is 11.4 Å². The maximum atomic E-state index is 13.5. The second kappa shape index (κ2) is 7.36. The molecule has 0 aliphatic carbocycles. The summed E-state index contributed by atoms with van der Waals surface area (Å²) in [6.07, 6.45) is 3.58. The molecule has 4 aromatic rings. The van der Waals surface area contributed by atoms with Gasteiger partial charge in [-0.3, -0.25) is 4.31 Å². The number of nitrogens with zero attached hydrogens (tertiary/aromatic N) is 3. The van der Waals surface area contributed by atoms with Gasteiger partial charge in [0.1, 0.15) is 11.4 Å². The summed E-state index contributed by atoms with van der Waals surface area (Å²) in [4.78, 5) is 4.57. The highest BCUT2D eigenvalue weighted by atomic mass is 32.2. The van der Waals surface area contributed by atoms with Gasteiger partial charge in [-0.25, -0.2) is 13.4 Å². The Balaban J connectivity index is 1.79. The number of hydrogen-bond donors (Lipinski definition) is 0. The van der Waals surface area contributed by atoms with Gasteiger partial charge in [0.25, 0.3) is 10.0 Å². The van der Waals surface area contributed by atoms with Crippen LogP contribution in [0.4, 0.5) is 5.69 Å². The average molecular weight is 393 g/mol. The number of ether oxygens (including phenoxy) is 1. The predicted octanol–water partition coefficient (Wildman–Crippen LogP) is 3.74. The first-order valence-electron chi connectivity index (χ1n) is 8.72. The lowest BCUT2D eigenvalue weighted by Gasteiger charge is -2.24. The molecule has 142 valence electrons. The van der Waals surface area contributed by atoms with Crippen LogP contribution in [0.3, 0.4) is 0 Å². The number of fused-ring (bicyclic) bond motifs is 1. The number of hydrogen-bond acceptors (Lipinski definition) is 4. The second-order valence-corrected chi connectivity index (χ2v) is 8.06. The summed E-state index contributed by atoms with van der Waals surface area (Å²) in [6, 6.07) is 21.1. The van der Waals surface area contributed by atoms with E-state index in [0.29, 0.717) is 11.4 Å². The fourth-order valence-corrected chi connectivity index (χ4v) is 4.47. The third kappa shape index (κ3) is 3.32. The monoisotopic (exact) mass is 393 g/mol. The van der Waals surface area contributed by atoms with Crippen molar-refractivity contribution in [2.24, 2.45) is 0 Å². The molecule has 6 nitrogen and oxygen atoms in total. The zero-order valence-electron chi connectivity index (χ0n) is 15.3. The Morgan fingerprint density at radius 3 is 2.39 bits per heavy atom. The number of aromatic nitrogens is 2. The van der Waals surface area contributed by atoms with E-state index in [1.54, 1.807) is 49.7 Å². The smallest absolute Gasteiger partial charge is 0.264 e. The molecule has 0 spiro atoms. The molecule has 0 fully saturated rings. The van der Waals surface area contributed by atoms with Crippen molar-refractivity contribution >= 4 is 21.4 Å². The van der Waals surface area contributed by atoms with Crippen LogP contribution in [0.1, 0.15) is 5.69 Å². The van der Waals surface area contributed by atoms with Crippen molar-refractivity contribution in [2.75, 3.05) is 11.4 Å². The molecule has 0 bridgehead atoms. The number of anilines is 1. The fraction of sp³-hybridized carbons (Fsp3) is 0.0952. The lowest BCUT2D eigenvalue weighted by Crippen LogP contribution is -2.31. The summed E-state index contributed by atoms with van der Waals surface area (Å²) in [6.45, 7) is 0.156. The molecule has 2 aromatic carbocycles. The Morgan fingerprint density at radius 1 is 0.964 bits per heavy atom. The maximum absolute atomic E-state index is 13.5. The first-order valence-corrected chi connectivity index (χ1v) is 10.2. The molecule has 0 radical (unpaired) electrons. The second-order valence-electron chi connectivity index (χ2n) is 6.20. The zero-order valence-corrected chi connectivity index (χ0v) is 16.1. The molecule has 7 heteroatoms. The van der Waals surface area contributed by atoms with Gasteiger partial charge in [-0.1, -0.05) is 24.3 Å². The number of sulfonamides is 1. The first kappa shape index (κ1) is 18.1. The van der Waals surface area contributed by atoms with Crippen LogP contribution in [-0.2, 0) is 16.6 Å². The molecular formula is C21H19N3O3S. The van der Waals surface area contributed by atoms with Crippen LogP contribution in [0, 0.1) is 0 Å². The summed E-state index contributed by atoms with van der Waals surface area (Å²) in [5, 5.41) is 0. The van der Waals surface area contributed by atoms with Gasteiger partial charge in [0, 0.05) is 6.20 Å². The molecule has 0 atom stereocenters. The third-order valence-corrected chi connectivity index (χ3v) is 6.28. The minimum absolute atomic E-state index is 0.156. The number of rotatable bonds is 6. The largest absolute Gasteiger partial charge is 0.497 e. The van der Waals surface area contributed by atoms with Crippen LogP contribution >= 0.6 is 0 Å². The quantitative estimate of drug-likeness (QED) is 0.501. The van der Waals surface area contributed by atoms with Gasteiger partial charge >= 0.3 is 0 Å². The number of imidazole rings is 1. The Bertz CT molecular complexity index is 1190. The van der Waals surface area contributed by atoms with Crippen molar-refractivity contribution < 1.29 is 13.2 Å². The van der Waals surface area contributed by atoms with E-state index in [1.165, 1.54) is 4.31 Å². The molecule has 0 unspecified atom stereocenters. The van der Waals surface area contributed by atoms with E-state index in [0.717, 1.165) is 11.3 Å². The van der Waals surface area contributed by atoms with Crippen molar-refractivity contribution in [3.05, 3.63) is 90.9 Å². The van der Waals surface area contributed by atoms with E-state index in [1.807, 2.05) is 47.0 Å². The van der Waals surface area contributed by atoms with Gasteiger partial charge in [-0.2, -0.15) is 0 Å². The summed E-state index contributed by atoms with van der Waals surface area (Å²) >= 11 is 0. The normalized spacial score (nSPS) is 11.5. The van der Waals surface area contributed by atoms with Gasteiger partial charge in [0.05, 0.1) is 36.1 Å². The van der Waals surface area contributed by atoms with Crippen LogP contribution in [-0.4, -0.2) is 24.9 Å². The SMILES string of the molecule is COc1ccc(S(=O)(=O)N(Cc2cnc3ccccn23)c2ccccc2)cc1. The highest BCUT2D eigenvalue weighted by Crippen LogP contribution is 2.27. The third-order valence-electron chi connectivity index (χ3n) is 4.49. The van der Waals surface area contributed by atoms with Crippen molar-refractivity contribution in [3.8, 4) is 5.75 Å². The Labute approximate surface area is 163 Å². The van der Waals surface area contributed by atoms with Gasteiger partial charge in [-0.05, 0) is 48.5 Å². The molecule has 0 aliphatic heterocycles. The van der Waals surface area contributed by atoms with Crippen molar-refractivity contribution in [2.45, 2.75) is 11.4 Å². The number of para-hydroxylation sites is 1. The van der Waals surface area contributed by atoms with Crippen LogP contribution < -0.4 is 9.04 Å². The lowest BCUT2D eigenvalue weighted by atomic mass is 10.3. The van der Waals surface area contributed by atoms with E-state index in [9.17, 15) is 8.42 Å². The first-order chi connectivity index (χ1) is 13.6. The fourth-order valence-electron chi connectivity index (χ4n) is 3.03. The van der Waals surface area contributed by atoms with E-state index in [4.69, 9.17) is 4.74 Å². The molecule has 0 aliphatic rings. The van der Waals surface area contributed by atoms with Crippen LogP contribution in [0.15, 0.2) is 90.1 Å². The minimum atomic E-state index is -3.79. The van der Waals surface area contributed by atoms with Gasteiger partial charge in [0.2, 0.25) is 0 Å². The summed E-state index contributed by atoms with van der Waals surface area (Å²) in [7, 11) is -2.24. The Hall–Kier alpha value is -3.32. The van der Waals surface area contributed by atoms with Crippen molar-refractivity contribution in [1.29, 1.82) is 0 Å². The highest BCUT2D eigenvalue weighted by Gasteiger charge is 2.26. The van der Waals surface area contributed by atoms with Crippen LogP contribution in [0.2, 0.25) is 0 Å². The number of benzene rings is 2. The molecular weight excluding hydrogens is 374 g/mol. The lowest BCUT2D eigenvalue weighted by molar-refractivity contribution is 0.414. The minimum Gasteiger partial charge on any atom is -0.497 e. The predicted molar refractivity (Wildman–Crippen MR) is 108 cm³/mol. The summed E-state index contributed by atoms with van der Waals surface area (Å²) in [5.41, 5.74) is 2.13. The molecule has 0 N–H and O–H groups in total. The Kier molecular flexibility index (Phi) is 4.75. The molecule has 28 heavy (non-hydrogen) atoms. The topological polar surface area (TPSA) is 63.9 Å². The van der Waals surface area contributed by atoms with E-state index >= 15 is 0 Å². The number of pyridine rings is 1. The Morgan fingerprint density at radius 2 is 1.68 bits per heavy atom. The van der Waals surface area contributed by atoms with Crippen molar-refractivity contribution in [1.82, 2.24) is 9.38 Å². The van der Waals surface area contributed by atoms with Gasteiger partial charge in [0.15, 0.2) is 0 Å². The zero-order chi connectivity index (χ0) is 19.6. The van der Waals surface area contributed by atoms with Gasteiger partial charge in [-0.15, -0.1) is 0 Å². The van der Waals surface area contributed by atoms with E-state index in [2.05, 4.69) is 4.98 Å². The molecule has 2 aromatic heterocycles. The van der Waals surface area contributed by atoms with Crippen LogP contribution in [0.5, 0.6) is 5.75 Å².